The largest absolute Gasteiger partial charge is 0.490 e. The smallest absolute Gasteiger partial charge is 0.335 e. The normalized spacial score (nSPS) is 12.4. The molecule has 6 heteroatoms. The molecule has 3 aromatic rings. The molecule has 2 aromatic carbocycles. The zero-order chi connectivity index (χ0) is 22.4. The second kappa shape index (κ2) is 10.4. The van der Waals surface area contributed by atoms with Crippen LogP contribution in [-0.2, 0) is 4.74 Å². The third-order valence-corrected chi connectivity index (χ3v) is 5.58. The minimum atomic E-state index is -1.09. The minimum absolute atomic E-state index is 0.0418. The molecule has 0 saturated heterocycles. The first-order chi connectivity index (χ1) is 15.0. The van der Waals surface area contributed by atoms with Crippen LogP contribution < -0.4 is 10.2 Å². The van der Waals surface area contributed by atoms with Crippen LogP contribution in [0.2, 0.25) is 0 Å². The van der Waals surface area contributed by atoms with Crippen molar-refractivity contribution in [1.82, 2.24) is 0 Å². The van der Waals surface area contributed by atoms with Crippen LogP contribution >= 0.6 is 0 Å². The van der Waals surface area contributed by atoms with Crippen molar-refractivity contribution < 1.29 is 23.8 Å². The van der Waals surface area contributed by atoms with Gasteiger partial charge in [0, 0.05) is 7.11 Å². The molecule has 1 unspecified atom stereocenters. The van der Waals surface area contributed by atoms with Crippen LogP contribution in [0.4, 0.5) is 0 Å². The molecule has 0 bridgehead atoms. The van der Waals surface area contributed by atoms with Gasteiger partial charge < -0.3 is 19.0 Å². The Morgan fingerprint density at radius 2 is 1.81 bits per heavy atom. The van der Waals surface area contributed by atoms with Crippen LogP contribution in [0.5, 0.6) is 5.75 Å². The van der Waals surface area contributed by atoms with E-state index in [4.69, 9.17) is 13.9 Å². The molecule has 0 spiro atoms. The van der Waals surface area contributed by atoms with Crippen LogP contribution in [0.15, 0.2) is 39.5 Å². The number of hydrogen-bond acceptors (Lipinski definition) is 5. The maximum Gasteiger partial charge on any atom is 0.335 e. The molecule has 31 heavy (non-hydrogen) atoms. The standard InChI is InChI=1S/C25H30O6/c1-4-5-6-7-8-9-12-30-22-15-18(16(2)29-3)14-20-23(26)19-13-17(25(27)28)10-11-21(19)31-24(20)22/h10-11,13-16H,4-9,12H2,1-3H3,(H,27,28). The van der Waals surface area contributed by atoms with Crippen molar-refractivity contribution in [3.05, 3.63) is 51.7 Å². The molecule has 0 aliphatic heterocycles. The van der Waals surface area contributed by atoms with Gasteiger partial charge in [-0.1, -0.05) is 39.0 Å². The van der Waals surface area contributed by atoms with E-state index in [1.807, 2.05) is 13.0 Å². The lowest BCUT2D eigenvalue weighted by Gasteiger charge is -2.15. The van der Waals surface area contributed by atoms with Gasteiger partial charge in [0.1, 0.15) is 5.58 Å². The van der Waals surface area contributed by atoms with Crippen LogP contribution in [0.25, 0.3) is 21.9 Å². The van der Waals surface area contributed by atoms with Crippen molar-refractivity contribution in [3.8, 4) is 5.75 Å². The molecule has 0 saturated carbocycles. The van der Waals surface area contributed by atoms with Crippen molar-refractivity contribution in [2.45, 2.75) is 58.5 Å². The molecule has 0 radical (unpaired) electrons. The minimum Gasteiger partial charge on any atom is -0.490 e. The van der Waals surface area contributed by atoms with Gasteiger partial charge in [-0.25, -0.2) is 4.79 Å². The van der Waals surface area contributed by atoms with Crippen molar-refractivity contribution in [2.24, 2.45) is 0 Å². The zero-order valence-corrected chi connectivity index (χ0v) is 18.4. The van der Waals surface area contributed by atoms with Crippen molar-refractivity contribution >= 4 is 27.9 Å². The Bertz CT molecular complexity index is 1110. The molecule has 166 valence electrons. The molecule has 0 fully saturated rings. The quantitative estimate of drug-likeness (QED) is 0.295. The monoisotopic (exact) mass is 426 g/mol. The van der Waals surface area contributed by atoms with Gasteiger partial charge in [-0.2, -0.15) is 0 Å². The highest BCUT2D eigenvalue weighted by Gasteiger charge is 2.17. The lowest BCUT2D eigenvalue weighted by Crippen LogP contribution is -2.08. The lowest BCUT2D eigenvalue weighted by atomic mass is 10.0. The molecule has 1 N–H and O–H groups in total. The molecular weight excluding hydrogens is 396 g/mol. The van der Waals surface area contributed by atoms with E-state index in [-0.39, 0.29) is 22.5 Å². The predicted octanol–water partition coefficient (Wildman–Crippen LogP) is 6.09. The summed E-state index contributed by atoms with van der Waals surface area (Å²) in [5, 5.41) is 9.85. The fourth-order valence-corrected chi connectivity index (χ4v) is 3.62. The summed E-state index contributed by atoms with van der Waals surface area (Å²) >= 11 is 0. The molecule has 0 aliphatic carbocycles. The summed E-state index contributed by atoms with van der Waals surface area (Å²) in [4.78, 5) is 24.5. The first-order valence-electron chi connectivity index (χ1n) is 10.9. The molecule has 0 aliphatic rings. The predicted molar refractivity (Wildman–Crippen MR) is 121 cm³/mol. The van der Waals surface area contributed by atoms with Gasteiger partial charge in [-0.3, -0.25) is 4.79 Å². The van der Waals surface area contributed by atoms with E-state index in [9.17, 15) is 14.7 Å². The van der Waals surface area contributed by atoms with Crippen molar-refractivity contribution in [2.75, 3.05) is 13.7 Å². The summed E-state index contributed by atoms with van der Waals surface area (Å²) < 4.78 is 17.5. The Kier molecular flexibility index (Phi) is 7.69. The number of carbonyl (C=O) groups is 1. The highest BCUT2D eigenvalue weighted by molar-refractivity contribution is 5.97. The molecule has 6 nitrogen and oxygen atoms in total. The second-order valence-electron chi connectivity index (χ2n) is 7.84. The van der Waals surface area contributed by atoms with Crippen molar-refractivity contribution in [3.63, 3.8) is 0 Å². The average molecular weight is 427 g/mol. The molecule has 1 aromatic heterocycles. The number of hydrogen-bond donors (Lipinski definition) is 1. The van der Waals surface area contributed by atoms with E-state index in [0.717, 1.165) is 18.4 Å². The van der Waals surface area contributed by atoms with Crippen LogP contribution in [-0.4, -0.2) is 24.8 Å². The molecular formula is C25H30O6. The van der Waals surface area contributed by atoms with Gasteiger partial charge in [0.15, 0.2) is 11.3 Å². The van der Waals surface area contributed by atoms with Crippen molar-refractivity contribution in [1.29, 1.82) is 0 Å². The number of benzene rings is 2. The number of methoxy groups -OCH3 is 1. The number of carboxylic acids is 1. The summed E-state index contributed by atoms with van der Waals surface area (Å²) in [6.07, 6.45) is 6.68. The third kappa shape index (κ3) is 5.25. The first kappa shape index (κ1) is 22.8. The van der Waals surface area contributed by atoms with E-state index in [1.165, 1.54) is 43.9 Å². The van der Waals surface area contributed by atoms with E-state index in [1.54, 1.807) is 13.2 Å². The SMILES string of the molecule is CCCCCCCCOc1cc(C(C)OC)cc2c(=O)c3cc(C(=O)O)ccc3oc12. The van der Waals surface area contributed by atoms with Gasteiger partial charge in [0.25, 0.3) is 0 Å². The van der Waals surface area contributed by atoms with E-state index >= 15 is 0 Å². The fourth-order valence-electron chi connectivity index (χ4n) is 3.62. The summed E-state index contributed by atoms with van der Waals surface area (Å²) in [5.41, 5.74) is 1.26. The molecule has 3 rings (SSSR count). The molecule has 1 atom stereocenters. The van der Waals surface area contributed by atoms with Gasteiger partial charge in [-0.05, 0) is 49.2 Å². The second-order valence-corrected chi connectivity index (χ2v) is 7.84. The molecule has 1 heterocycles. The number of aromatic carboxylic acids is 1. The van der Waals surface area contributed by atoms with Gasteiger partial charge in [0.05, 0.1) is 29.0 Å². The Labute approximate surface area is 181 Å². The highest BCUT2D eigenvalue weighted by Crippen LogP contribution is 2.32. The Balaban J connectivity index is 1.99. The maximum atomic E-state index is 13.2. The number of ether oxygens (including phenoxy) is 2. The number of fused-ring (bicyclic) bond motifs is 2. The summed E-state index contributed by atoms with van der Waals surface area (Å²) in [6.45, 7) is 4.62. The fraction of sp³-hybridized carbons (Fsp3) is 0.440. The van der Waals surface area contributed by atoms with Crippen LogP contribution in [0, 0.1) is 0 Å². The Morgan fingerprint density at radius 3 is 2.52 bits per heavy atom. The van der Waals surface area contributed by atoms with E-state index < -0.39 is 5.97 Å². The van der Waals surface area contributed by atoms with Crippen LogP contribution in [0.3, 0.4) is 0 Å². The number of unbranched alkanes of at least 4 members (excludes halogenated alkanes) is 5. The lowest BCUT2D eigenvalue weighted by molar-refractivity contribution is 0.0697. The zero-order valence-electron chi connectivity index (χ0n) is 18.4. The Hall–Kier alpha value is -2.86. The van der Waals surface area contributed by atoms with Gasteiger partial charge in [-0.15, -0.1) is 0 Å². The van der Waals surface area contributed by atoms with Gasteiger partial charge >= 0.3 is 5.97 Å². The van der Waals surface area contributed by atoms with E-state index in [0.29, 0.717) is 28.9 Å². The van der Waals surface area contributed by atoms with E-state index in [2.05, 4.69) is 6.92 Å². The number of rotatable bonds is 11. The first-order valence-corrected chi connectivity index (χ1v) is 10.9. The topological polar surface area (TPSA) is 86.0 Å². The maximum absolute atomic E-state index is 13.2. The third-order valence-electron chi connectivity index (χ3n) is 5.58. The average Bonchev–Trinajstić information content (AvgIpc) is 2.77. The highest BCUT2D eigenvalue weighted by atomic mass is 16.5. The van der Waals surface area contributed by atoms with Gasteiger partial charge in [0.2, 0.25) is 5.43 Å². The summed E-state index contributed by atoms with van der Waals surface area (Å²) in [6, 6.07) is 7.89. The van der Waals surface area contributed by atoms with Crippen LogP contribution in [0.1, 0.15) is 74.4 Å². The summed E-state index contributed by atoms with van der Waals surface area (Å²) in [5.74, 6) is -0.586. The Morgan fingerprint density at radius 1 is 1.06 bits per heavy atom. The summed E-state index contributed by atoms with van der Waals surface area (Å²) in [7, 11) is 1.60. The molecule has 0 amide bonds. The number of carboxylic acid groups (broad SMARTS) is 1.